The fourth-order valence-corrected chi connectivity index (χ4v) is 2.13. The van der Waals surface area contributed by atoms with E-state index in [9.17, 15) is 18.8 Å². The van der Waals surface area contributed by atoms with E-state index in [4.69, 9.17) is 21.2 Å². The number of quaternary nitrogens is 1. The molecule has 0 heterocycles. The van der Waals surface area contributed by atoms with Crippen LogP contribution in [0, 0.1) is 17.3 Å². The Labute approximate surface area is 155 Å². The van der Waals surface area contributed by atoms with Gasteiger partial charge in [-0.1, -0.05) is 29.8 Å². The molecule has 2 aromatic rings. The molecule has 12 heteroatoms. The summed E-state index contributed by atoms with van der Waals surface area (Å²) in [6.45, 7) is 1.84. The van der Waals surface area contributed by atoms with Gasteiger partial charge in [0.05, 0.1) is 11.1 Å². The Morgan fingerprint density at radius 2 is 1.81 bits per heavy atom. The average Bonchev–Trinajstić information content (AvgIpc) is 2.60. The SMILES string of the molecule is Cc1ccc(S(=O)(=O)O)cc1.NC(N)=[N+]([O-])/N=C\c1cccc([NH+]([O-])O)c1. The van der Waals surface area contributed by atoms with Crippen molar-refractivity contribution in [2.45, 2.75) is 11.8 Å². The largest absolute Gasteiger partial charge is 0.722 e. The highest BCUT2D eigenvalue weighted by Crippen LogP contribution is 2.08. The maximum absolute atomic E-state index is 10.9. The first-order valence-corrected chi connectivity index (χ1v) is 8.71. The van der Waals surface area contributed by atoms with Crippen molar-refractivity contribution < 1.29 is 28.3 Å². The maximum Gasteiger partial charge on any atom is 0.366 e. The zero-order valence-corrected chi connectivity index (χ0v) is 15.0. The number of hydrogen-bond donors (Lipinski definition) is 5. The first kappa shape index (κ1) is 22.0. The Balaban J connectivity index is 0.000000289. The smallest absolute Gasteiger partial charge is 0.366 e. The number of guanidine groups is 1. The molecular weight excluding hydrogens is 378 g/mol. The molecule has 0 spiro atoms. The van der Waals surface area contributed by atoms with Crippen LogP contribution in [0.4, 0.5) is 5.69 Å². The van der Waals surface area contributed by atoms with Gasteiger partial charge in [-0.2, -0.15) is 13.6 Å². The highest BCUT2D eigenvalue weighted by Gasteiger charge is 2.06. The molecule has 2 rings (SSSR count). The number of nitrogens with two attached hydrogens (primary N) is 2. The fraction of sp³-hybridized carbons (Fsp3) is 0.0667. The summed E-state index contributed by atoms with van der Waals surface area (Å²) in [6.07, 6.45) is 1.17. The van der Waals surface area contributed by atoms with Gasteiger partial charge in [-0.05, 0) is 19.1 Å². The molecule has 1 atom stereocenters. The van der Waals surface area contributed by atoms with E-state index in [0.29, 0.717) is 5.56 Å². The lowest BCUT2D eigenvalue weighted by Gasteiger charge is -2.11. The lowest BCUT2D eigenvalue weighted by molar-refractivity contribution is -0.991. The molecule has 146 valence electrons. The van der Waals surface area contributed by atoms with Gasteiger partial charge in [0.25, 0.3) is 10.1 Å². The fourth-order valence-electron chi connectivity index (χ4n) is 1.65. The van der Waals surface area contributed by atoms with Gasteiger partial charge in [0.15, 0.2) is 5.69 Å². The molecule has 0 fully saturated rings. The highest BCUT2D eigenvalue weighted by atomic mass is 32.2. The van der Waals surface area contributed by atoms with Gasteiger partial charge < -0.3 is 10.4 Å². The van der Waals surface area contributed by atoms with Crippen LogP contribution in [-0.2, 0) is 10.1 Å². The van der Waals surface area contributed by atoms with E-state index in [1.165, 1.54) is 36.5 Å². The molecule has 0 aliphatic rings. The summed E-state index contributed by atoms with van der Waals surface area (Å²) in [5.74, 6) is -0.495. The van der Waals surface area contributed by atoms with Gasteiger partial charge in [-0.3, -0.25) is 16.0 Å². The molecule has 0 amide bonds. The molecule has 0 aliphatic heterocycles. The van der Waals surface area contributed by atoms with Crippen molar-refractivity contribution in [3.63, 3.8) is 0 Å². The van der Waals surface area contributed by atoms with E-state index in [1.807, 2.05) is 6.92 Å². The summed E-state index contributed by atoms with van der Waals surface area (Å²) in [6, 6.07) is 11.9. The average molecular weight is 397 g/mol. The molecule has 0 bridgehead atoms. The summed E-state index contributed by atoms with van der Waals surface area (Å²) in [5, 5.41) is 32.5. The monoisotopic (exact) mass is 397 g/mol. The van der Waals surface area contributed by atoms with Crippen molar-refractivity contribution in [3.05, 3.63) is 70.1 Å². The van der Waals surface area contributed by atoms with E-state index < -0.39 is 21.3 Å². The number of aryl methyl sites for hydroxylation is 1. The second-order valence-electron chi connectivity index (χ2n) is 5.16. The lowest BCUT2D eigenvalue weighted by Crippen LogP contribution is -2.99. The predicted octanol–water partition coefficient (Wildman–Crippen LogP) is -0.551. The summed E-state index contributed by atoms with van der Waals surface area (Å²) >= 11 is 0. The van der Waals surface area contributed by atoms with E-state index in [0.717, 1.165) is 5.56 Å². The lowest BCUT2D eigenvalue weighted by atomic mass is 10.2. The minimum Gasteiger partial charge on any atom is -0.722 e. The third-order valence-electron chi connectivity index (χ3n) is 2.98. The molecule has 0 saturated carbocycles. The van der Waals surface area contributed by atoms with Crippen LogP contribution in [0.15, 0.2) is 58.5 Å². The second kappa shape index (κ2) is 9.61. The van der Waals surface area contributed by atoms with Gasteiger partial charge in [0.2, 0.25) is 0 Å². The third-order valence-corrected chi connectivity index (χ3v) is 3.85. The zero-order valence-electron chi connectivity index (χ0n) is 14.2. The molecule has 2 aromatic carbocycles. The van der Waals surface area contributed by atoms with Crippen molar-refractivity contribution >= 4 is 28.0 Å². The number of nitrogens with zero attached hydrogens (tertiary/aromatic N) is 2. The van der Waals surface area contributed by atoms with Gasteiger partial charge >= 0.3 is 5.96 Å². The summed E-state index contributed by atoms with van der Waals surface area (Å²) < 4.78 is 29.6. The Kier molecular flexibility index (Phi) is 7.83. The molecule has 0 saturated heterocycles. The van der Waals surface area contributed by atoms with Crippen LogP contribution in [-0.4, -0.2) is 35.2 Å². The topological polar surface area (TPSA) is 193 Å². The van der Waals surface area contributed by atoms with Crippen LogP contribution in [0.2, 0.25) is 0 Å². The third kappa shape index (κ3) is 7.81. The summed E-state index contributed by atoms with van der Waals surface area (Å²) in [4.78, 5) is -0.0314. The van der Waals surface area contributed by atoms with Crippen molar-refractivity contribution in [2.75, 3.05) is 0 Å². The first-order chi connectivity index (χ1) is 12.5. The van der Waals surface area contributed by atoms with Gasteiger partial charge in [0, 0.05) is 17.7 Å². The number of benzene rings is 2. The summed E-state index contributed by atoms with van der Waals surface area (Å²) in [5.41, 5.74) is 11.5. The molecule has 0 aliphatic carbocycles. The molecule has 11 nitrogen and oxygen atoms in total. The van der Waals surface area contributed by atoms with Crippen molar-refractivity contribution in [1.29, 1.82) is 0 Å². The van der Waals surface area contributed by atoms with E-state index in [1.54, 1.807) is 18.2 Å². The van der Waals surface area contributed by atoms with Gasteiger partial charge in [-0.25, -0.2) is 5.21 Å². The van der Waals surface area contributed by atoms with Crippen LogP contribution in [0.3, 0.4) is 0 Å². The van der Waals surface area contributed by atoms with E-state index >= 15 is 0 Å². The number of rotatable bonds is 4. The van der Waals surface area contributed by atoms with Crippen molar-refractivity contribution in [2.24, 2.45) is 16.6 Å². The zero-order chi connectivity index (χ0) is 20.6. The van der Waals surface area contributed by atoms with Crippen LogP contribution in [0.1, 0.15) is 11.1 Å². The highest BCUT2D eigenvalue weighted by molar-refractivity contribution is 7.85. The van der Waals surface area contributed by atoms with Crippen LogP contribution >= 0.6 is 0 Å². The van der Waals surface area contributed by atoms with Crippen molar-refractivity contribution in [1.82, 2.24) is 0 Å². The molecular formula is C15H19N5O6S. The van der Waals surface area contributed by atoms with Gasteiger partial charge in [-0.15, -0.1) is 9.95 Å². The standard InChI is InChI=1S/C8H11N5O3.C7H8O3S/c9-8(10)12(14)11-5-6-2-1-3-7(4-6)13(15)16;1-6-2-4-7(5-3-6)11(8,9)10/h1-5,13,15H,9-10H2;2-5H,1H3,(H,8,9,10)/b11-5-;. The first-order valence-electron chi connectivity index (χ1n) is 7.27. The van der Waals surface area contributed by atoms with Crippen LogP contribution < -0.4 is 16.7 Å². The molecule has 1 unspecified atom stereocenters. The Morgan fingerprint density at radius 1 is 1.22 bits per heavy atom. The normalized spacial score (nSPS) is 12.1. The van der Waals surface area contributed by atoms with Crippen LogP contribution in [0.5, 0.6) is 0 Å². The number of nitrogens with one attached hydrogen (secondary N) is 1. The van der Waals surface area contributed by atoms with Crippen LogP contribution in [0.25, 0.3) is 0 Å². The maximum atomic E-state index is 10.9. The Bertz CT molecular complexity index is 922. The molecule has 7 N–H and O–H groups in total. The quantitative estimate of drug-likeness (QED) is 0.113. The number of hydrogen-bond acceptors (Lipinski definition) is 6. The van der Waals surface area contributed by atoms with Gasteiger partial charge in [0.1, 0.15) is 0 Å². The molecule has 0 radical (unpaired) electrons. The Morgan fingerprint density at radius 3 is 2.30 bits per heavy atom. The molecule has 0 aromatic heterocycles. The second-order valence-corrected chi connectivity index (χ2v) is 6.58. The van der Waals surface area contributed by atoms with E-state index in [-0.39, 0.29) is 15.4 Å². The summed E-state index contributed by atoms with van der Waals surface area (Å²) in [7, 11) is -4.02. The minimum absolute atomic E-state index is 0.0352. The molecule has 27 heavy (non-hydrogen) atoms. The van der Waals surface area contributed by atoms with E-state index in [2.05, 4.69) is 5.10 Å². The number of hydrazone groups is 1. The Hall–Kier alpha value is -3.03. The van der Waals surface area contributed by atoms with Crippen molar-refractivity contribution in [3.8, 4) is 0 Å². The minimum atomic E-state index is -4.02. The predicted molar refractivity (Wildman–Crippen MR) is 97.8 cm³/mol.